The number of ether oxygens (including phenoxy) is 2. The van der Waals surface area contributed by atoms with Crippen LogP contribution in [0.1, 0.15) is 52.1 Å². The summed E-state index contributed by atoms with van der Waals surface area (Å²) in [5.74, 6) is 1.22. The Labute approximate surface area is 149 Å². The standard InChI is InChI=1S/C19H28N2O4/c1-5-24-17-10-9-15(12-18(17)25-6-2)13(3)20-19(23)16-8-7-11-21(16)14(4)22/h9-10,12-13,16H,5-8,11H2,1-4H3,(H,20,23). The molecule has 1 fully saturated rings. The maximum Gasteiger partial charge on any atom is 0.243 e. The van der Waals surface area contributed by atoms with Crippen LogP contribution in [-0.2, 0) is 9.59 Å². The number of carbonyl (C=O) groups excluding carboxylic acids is 2. The van der Waals surface area contributed by atoms with Crippen molar-refractivity contribution in [2.75, 3.05) is 19.8 Å². The van der Waals surface area contributed by atoms with Gasteiger partial charge < -0.3 is 19.7 Å². The summed E-state index contributed by atoms with van der Waals surface area (Å²) >= 11 is 0. The van der Waals surface area contributed by atoms with E-state index in [1.807, 2.05) is 39.0 Å². The zero-order valence-electron chi connectivity index (χ0n) is 15.5. The Morgan fingerprint density at radius 1 is 1.24 bits per heavy atom. The molecule has 1 N–H and O–H groups in total. The highest BCUT2D eigenvalue weighted by atomic mass is 16.5. The Bertz CT molecular complexity index is 617. The maximum atomic E-state index is 12.6. The van der Waals surface area contributed by atoms with Crippen LogP contribution < -0.4 is 14.8 Å². The first-order valence-electron chi connectivity index (χ1n) is 8.95. The molecule has 25 heavy (non-hydrogen) atoms. The first-order valence-corrected chi connectivity index (χ1v) is 8.95. The lowest BCUT2D eigenvalue weighted by Gasteiger charge is -2.25. The molecule has 2 atom stereocenters. The summed E-state index contributed by atoms with van der Waals surface area (Å²) in [6.45, 7) is 9.04. The zero-order valence-corrected chi connectivity index (χ0v) is 15.5. The van der Waals surface area contributed by atoms with Gasteiger partial charge in [-0.1, -0.05) is 6.07 Å². The van der Waals surface area contributed by atoms with Gasteiger partial charge in [0.2, 0.25) is 11.8 Å². The fraction of sp³-hybridized carbons (Fsp3) is 0.579. The number of nitrogens with one attached hydrogen (secondary N) is 1. The third-order valence-corrected chi connectivity index (χ3v) is 4.39. The number of benzene rings is 1. The smallest absolute Gasteiger partial charge is 0.243 e. The molecule has 1 aliphatic rings. The van der Waals surface area contributed by atoms with Crippen LogP contribution in [0.25, 0.3) is 0 Å². The summed E-state index contributed by atoms with van der Waals surface area (Å²) in [6.07, 6.45) is 1.58. The van der Waals surface area contributed by atoms with Crippen molar-refractivity contribution in [3.63, 3.8) is 0 Å². The van der Waals surface area contributed by atoms with Crippen molar-refractivity contribution in [2.45, 2.75) is 52.6 Å². The molecular weight excluding hydrogens is 320 g/mol. The second-order valence-corrected chi connectivity index (χ2v) is 6.17. The quantitative estimate of drug-likeness (QED) is 0.823. The average Bonchev–Trinajstić information content (AvgIpc) is 3.07. The van der Waals surface area contributed by atoms with Gasteiger partial charge in [-0.15, -0.1) is 0 Å². The van der Waals surface area contributed by atoms with Gasteiger partial charge in [-0.05, 0) is 51.3 Å². The third kappa shape index (κ3) is 4.65. The third-order valence-electron chi connectivity index (χ3n) is 4.39. The highest BCUT2D eigenvalue weighted by Gasteiger charge is 2.32. The van der Waals surface area contributed by atoms with Gasteiger partial charge in [0.05, 0.1) is 19.3 Å². The summed E-state index contributed by atoms with van der Waals surface area (Å²) in [5, 5.41) is 3.01. The lowest BCUT2D eigenvalue weighted by Crippen LogP contribution is -2.45. The normalized spacial score (nSPS) is 17.9. The van der Waals surface area contributed by atoms with Crippen LogP contribution in [0.15, 0.2) is 18.2 Å². The number of likely N-dealkylation sites (tertiary alicyclic amines) is 1. The molecule has 0 spiro atoms. The van der Waals surface area contributed by atoms with E-state index >= 15 is 0 Å². The van der Waals surface area contributed by atoms with Crippen LogP contribution in [0.2, 0.25) is 0 Å². The van der Waals surface area contributed by atoms with Gasteiger partial charge in [-0.3, -0.25) is 9.59 Å². The van der Waals surface area contributed by atoms with E-state index in [1.54, 1.807) is 4.90 Å². The number of amides is 2. The average molecular weight is 348 g/mol. The minimum Gasteiger partial charge on any atom is -0.490 e. The van der Waals surface area contributed by atoms with Crippen LogP contribution in [-0.4, -0.2) is 42.5 Å². The summed E-state index contributed by atoms with van der Waals surface area (Å²) in [5.41, 5.74) is 0.938. The Morgan fingerprint density at radius 2 is 1.92 bits per heavy atom. The largest absolute Gasteiger partial charge is 0.490 e. The van der Waals surface area contributed by atoms with Gasteiger partial charge >= 0.3 is 0 Å². The van der Waals surface area contributed by atoms with E-state index in [4.69, 9.17) is 9.47 Å². The number of carbonyl (C=O) groups is 2. The van der Waals surface area contributed by atoms with Crippen molar-refractivity contribution in [2.24, 2.45) is 0 Å². The van der Waals surface area contributed by atoms with Gasteiger partial charge in [0.1, 0.15) is 6.04 Å². The highest BCUT2D eigenvalue weighted by molar-refractivity contribution is 5.87. The van der Waals surface area contributed by atoms with Crippen LogP contribution in [0, 0.1) is 0 Å². The Hall–Kier alpha value is -2.24. The molecule has 2 amide bonds. The van der Waals surface area contributed by atoms with Gasteiger partial charge in [-0.2, -0.15) is 0 Å². The Balaban J connectivity index is 2.09. The van der Waals surface area contributed by atoms with Gasteiger partial charge in [0, 0.05) is 13.5 Å². The lowest BCUT2D eigenvalue weighted by atomic mass is 10.1. The summed E-state index contributed by atoms with van der Waals surface area (Å²) < 4.78 is 11.2. The first kappa shape index (κ1) is 19.1. The Morgan fingerprint density at radius 3 is 2.56 bits per heavy atom. The van der Waals surface area contributed by atoms with Crippen molar-refractivity contribution in [1.82, 2.24) is 10.2 Å². The van der Waals surface area contributed by atoms with E-state index in [1.165, 1.54) is 6.92 Å². The lowest BCUT2D eigenvalue weighted by molar-refractivity contribution is -0.137. The number of nitrogens with zero attached hydrogens (tertiary/aromatic N) is 1. The second-order valence-electron chi connectivity index (χ2n) is 6.17. The zero-order chi connectivity index (χ0) is 18.4. The van der Waals surface area contributed by atoms with Crippen LogP contribution in [0.4, 0.5) is 0 Å². The molecule has 2 rings (SSSR count). The predicted octanol–water partition coefficient (Wildman–Crippen LogP) is 2.67. The Kier molecular flexibility index (Phi) is 6.67. The van der Waals surface area contributed by atoms with E-state index in [9.17, 15) is 9.59 Å². The van der Waals surface area contributed by atoms with Crippen molar-refractivity contribution in [1.29, 1.82) is 0 Å². The molecule has 6 heteroatoms. The molecule has 0 saturated carbocycles. The molecular formula is C19H28N2O4. The molecule has 1 aliphatic heterocycles. The van der Waals surface area contributed by atoms with E-state index in [2.05, 4.69) is 5.32 Å². The monoisotopic (exact) mass is 348 g/mol. The summed E-state index contributed by atoms with van der Waals surface area (Å²) in [6, 6.07) is 5.14. The minimum atomic E-state index is -0.367. The predicted molar refractivity (Wildman–Crippen MR) is 95.7 cm³/mol. The van der Waals surface area contributed by atoms with Crippen molar-refractivity contribution >= 4 is 11.8 Å². The van der Waals surface area contributed by atoms with Gasteiger partial charge in [0.15, 0.2) is 11.5 Å². The molecule has 1 aromatic carbocycles. The molecule has 1 aromatic rings. The van der Waals surface area contributed by atoms with Crippen LogP contribution in [0.5, 0.6) is 11.5 Å². The highest BCUT2D eigenvalue weighted by Crippen LogP contribution is 2.31. The maximum absolute atomic E-state index is 12.6. The summed E-state index contributed by atoms with van der Waals surface area (Å²) in [4.78, 5) is 25.9. The molecule has 6 nitrogen and oxygen atoms in total. The van der Waals surface area contributed by atoms with Crippen molar-refractivity contribution < 1.29 is 19.1 Å². The molecule has 0 aromatic heterocycles. The van der Waals surface area contributed by atoms with Gasteiger partial charge in [-0.25, -0.2) is 0 Å². The van der Waals surface area contributed by atoms with E-state index in [0.717, 1.165) is 12.0 Å². The fourth-order valence-electron chi connectivity index (χ4n) is 3.15. The number of hydrogen-bond acceptors (Lipinski definition) is 4. The molecule has 0 bridgehead atoms. The molecule has 2 unspecified atom stereocenters. The molecule has 1 saturated heterocycles. The van der Waals surface area contributed by atoms with Crippen LogP contribution in [0.3, 0.4) is 0 Å². The SMILES string of the molecule is CCOc1ccc(C(C)NC(=O)C2CCCN2C(C)=O)cc1OCC. The number of hydrogen-bond donors (Lipinski definition) is 1. The summed E-state index contributed by atoms with van der Waals surface area (Å²) in [7, 11) is 0. The van der Waals surface area contributed by atoms with Gasteiger partial charge in [0.25, 0.3) is 0 Å². The van der Waals surface area contributed by atoms with E-state index in [-0.39, 0.29) is 23.9 Å². The number of rotatable bonds is 7. The molecule has 0 aliphatic carbocycles. The van der Waals surface area contributed by atoms with Crippen molar-refractivity contribution in [3.8, 4) is 11.5 Å². The van der Waals surface area contributed by atoms with Crippen molar-refractivity contribution in [3.05, 3.63) is 23.8 Å². The topological polar surface area (TPSA) is 67.9 Å². The minimum absolute atomic E-state index is 0.0509. The molecule has 1 heterocycles. The van der Waals surface area contributed by atoms with E-state index in [0.29, 0.717) is 37.7 Å². The fourth-order valence-corrected chi connectivity index (χ4v) is 3.15. The molecule has 0 radical (unpaired) electrons. The first-order chi connectivity index (χ1) is 12.0. The molecule has 138 valence electrons. The second kappa shape index (κ2) is 8.74. The van der Waals surface area contributed by atoms with E-state index < -0.39 is 0 Å². The van der Waals surface area contributed by atoms with Crippen LogP contribution >= 0.6 is 0 Å².